The summed E-state index contributed by atoms with van der Waals surface area (Å²) < 4.78 is 13.9. The second-order valence-electron chi connectivity index (χ2n) is 4.82. The van der Waals surface area contributed by atoms with Crippen LogP contribution in [0.4, 0.5) is 4.39 Å². The van der Waals surface area contributed by atoms with E-state index in [1.54, 1.807) is 12.1 Å². The zero-order chi connectivity index (χ0) is 13.8. The Bertz CT molecular complexity index is 540. The minimum absolute atomic E-state index is 0. The van der Waals surface area contributed by atoms with E-state index in [1.807, 2.05) is 37.3 Å². The summed E-state index contributed by atoms with van der Waals surface area (Å²) in [7, 11) is 0. The standard InChI is InChI=1S/C16H17ClFN.ClH/c1-11(19)15(14-4-2-3-5-16(14)18)10-12-6-8-13(17)9-7-12;/h2-9,11,15H,10,19H2,1H3;1H. The normalized spacial score (nSPS) is 13.4. The lowest BCUT2D eigenvalue weighted by Crippen LogP contribution is -2.27. The molecule has 2 atom stereocenters. The van der Waals surface area contributed by atoms with E-state index in [9.17, 15) is 4.39 Å². The molecule has 0 fully saturated rings. The van der Waals surface area contributed by atoms with Gasteiger partial charge in [-0.2, -0.15) is 0 Å². The first-order valence-electron chi connectivity index (χ1n) is 6.32. The smallest absolute Gasteiger partial charge is 0.126 e. The van der Waals surface area contributed by atoms with Gasteiger partial charge in [0.05, 0.1) is 0 Å². The summed E-state index contributed by atoms with van der Waals surface area (Å²) >= 11 is 5.87. The van der Waals surface area contributed by atoms with E-state index in [0.717, 1.165) is 5.56 Å². The van der Waals surface area contributed by atoms with Crippen molar-refractivity contribution in [2.24, 2.45) is 5.73 Å². The Morgan fingerprint density at radius 1 is 1.10 bits per heavy atom. The molecule has 2 N–H and O–H groups in total. The molecule has 0 saturated heterocycles. The Kier molecular flexibility index (Phi) is 6.47. The fourth-order valence-corrected chi connectivity index (χ4v) is 2.36. The highest BCUT2D eigenvalue weighted by molar-refractivity contribution is 6.30. The molecule has 2 unspecified atom stereocenters. The van der Waals surface area contributed by atoms with E-state index in [1.165, 1.54) is 6.07 Å². The number of benzene rings is 2. The van der Waals surface area contributed by atoms with Crippen LogP contribution in [0, 0.1) is 5.82 Å². The van der Waals surface area contributed by atoms with Crippen molar-refractivity contribution in [3.8, 4) is 0 Å². The molecule has 0 radical (unpaired) electrons. The second-order valence-corrected chi connectivity index (χ2v) is 5.25. The van der Waals surface area contributed by atoms with E-state index in [4.69, 9.17) is 17.3 Å². The number of rotatable bonds is 4. The molecular formula is C16H18Cl2FN. The lowest BCUT2D eigenvalue weighted by molar-refractivity contribution is 0.521. The molecule has 2 aromatic rings. The van der Waals surface area contributed by atoms with E-state index < -0.39 is 0 Å². The van der Waals surface area contributed by atoms with Gasteiger partial charge in [-0.1, -0.05) is 41.9 Å². The summed E-state index contributed by atoms with van der Waals surface area (Å²) in [5, 5.41) is 0.701. The third kappa shape index (κ3) is 4.20. The highest BCUT2D eigenvalue weighted by Crippen LogP contribution is 2.26. The van der Waals surface area contributed by atoms with Gasteiger partial charge in [0.1, 0.15) is 5.82 Å². The highest BCUT2D eigenvalue weighted by Gasteiger charge is 2.19. The molecule has 20 heavy (non-hydrogen) atoms. The van der Waals surface area contributed by atoms with Crippen LogP contribution in [0.2, 0.25) is 5.02 Å². The van der Waals surface area contributed by atoms with Crippen LogP contribution in [-0.2, 0) is 6.42 Å². The first-order chi connectivity index (χ1) is 9.08. The Balaban J connectivity index is 0.00000200. The predicted octanol–water partition coefficient (Wildman–Crippen LogP) is 4.57. The van der Waals surface area contributed by atoms with Crippen molar-refractivity contribution in [3.05, 3.63) is 70.5 Å². The maximum Gasteiger partial charge on any atom is 0.126 e. The van der Waals surface area contributed by atoms with Gasteiger partial charge in [0.15, 0.2) is 0 Å². The summed E-state index contributed by atoms with van der Waals surface area (Å²) in [6, 6.07) is 14.3. The number of nitrogens with two attached hydrogens (primary N) is 1. The molecular weight excluding hydrogens is 296 g/mol. The van der Waals surface area contributed by atoms with Gasteiger partial charge in [0.25, 0.3) is 0 Å². The van der Waals surface area contributed by atoms with Gasteiger partial charge in [0.2, 0.25) is 0 Å². The highest BCUT2D eigenvalue weighted by atomic mass is 35.5. The van der Waals surface area contributed by atoms with Crippen molar-refractivity contribution in [3.63, 3.8) is 0 Å². The Morgan fingerprint density at radius 3 is 2.25 bits per heavy atom. The topological polar surface area (TPSA) is 26.0 Å². The molecule has 0 spiro atoms. The Morgan fingerprint density at radius 2 is 1.70 bits per heavy atom. The molecule has 0 aliphatic carbocycles. The minimum atomic E-state index is -0.196. The maximum atomic E-state index is 13.9. The van der Waals surface area contributed by atoms with Gasteiger partial charge >= 0.3 is 0 Å². The summed E-state index contributed by atoms with van der Waals surface area (Å²) in [6.07, 6.45) is 0.704. The minimum Gasteiger partial charge on any atom is -0.327 e. The quantitative estimate of drug-likeness (QED) is 0.878. The lowest BCUT2D eigenvalue weighted by atomic mass is 9.87. The first-order valence-corrected chi connectivity index (χ1v) is 6.70. The van der Waals surface area contributed by atoms with E-state index in [2.05, 4.69) is 0 Å². The third-order valence-corrected chi connectivity index (χ3v) is 3.56. The van der Waals surface area contributed by atoms with E-state index in [-0.39, 0.29) is 30.2 Å². The third-order valence-electron chi connectivity index (χ3n) is 3.31. The van der Waals surface area contributed by atoms with Crippen LogP contribution in [0.25, 0.3) is 0 Å². The SMILES string of the molecule is CC(N)C(Cc1ccc(Cl)cc1)c1ccccc1F.Cl. The van der Waals surface area contributed by atoms with Crippen LogP contribution >= 0.6 is 24.0 Å². The molecule has 2 rings (SSSR count). The molecule has 0 bridgehead atoms. The molecule has 0 aliphatic heterocycles. The van der Waals surface area contributed by atoms with Gasteiger partial charge in [-0.15, -0.1) is 12.4 Å². The summed E-state index contributed by atoms with van der Waals surface area (Å²) in [5.41, 5.74) is 7.80. The molecule has 108 valence electrons. The number of hydrogen-bond acceptors (Lipinski definition) is 1. The summed E-state index contributed by atoms with van der Waals surface area (Å²) in [6.45, 7) is 1.91. The van der Waals surface area contributed by atoms with Crippen molar-refractivity contribution >= 4 is 24.0 Å². The van der Waals surface area contributed by atoms with Gasteiger partial charge in [-0.3, -0.25) is 0 Å². The summed E-state index contributed by atoms with van der Waals surface area (Å²) in [5.74, 6) is -0.235. The van der Waals surface area contributed by atoms with Gasteiger partial charge in [-0.05, 0) is 42.7 Å². The predicted molar refractivity (Wildman–Crippen MR) is 85.2 cm³/mol. The van der Waals surface area contributed by atoms with Crippen LogP contribution in [0.3, 0.4) is 0 Å². The van der Waals surface area contributed by atoms with Crippen LogP contribution < -0.4 is 5.73 Å². The average molecular weight is 314 g/mol. The van der Waals surface area contributed by atoms with Crippen LogP contribution in [-0.4, -0.2) is 6.04 Å². The molecule has 4 heteroatoms. The van der Waals surface area contributed by atoms with Crippen molar-refractivity contribution in [2.45, 2.75) is 25.3 Å². The van der Waals surface area contributed by atoms with E-state index >= 15 is 0 Å². The number of hydrogen-bond donors (Lipinski definition) is 1. The average Bonchev–Trinajstić information content (AvgIpc) is 2.39. The molecule has 2 aromatic carbocycles. The molecule has 0 heterocycles. The van der Waals surface area contributed by atoms with Crippen molar-refractivity contribution in [2.75, 3.05) is 0 Å². The molecule has 0 aliphatic rings. The first kappa shape index (κ1) is 17.0. The molecule has 0 amide bonds. The van der Waals surface area contributed by atoms with Gasteiger partial charge in [-0.25, -0.2) is 4.39 Å². The summed E-state index contributed by atoms with van der Waals surface area (Å²) in [4.78, 5) is 0. The van der Waals surface area contributed by atoms with Gasteiger partial charge < -0.3 is 5.73 Å². The van der Waals surface area contributed by atoms with E-state index in [0.29, 0.717) is 17.0 Å². The molecule has 0 saturated carbocycles. The van der Waals surface area contributed by atoms with Crippen LogP contribution in [0.1, 0.15) is 24.0 Å². The Labute approximate surface area is 130 Å². The molecule has 1 nitrogen and oxygen atoms in total. The maximum absolute atomic E-state index is 13.9. The fraction of sp³-hybridized carbons (Fsp3) is 0.250. The van der Waals surface area contributed by atoms with Crippen molar-refractivity contribution in [1.29, 1.82) is 0 Å². The monoisotopic (exact) mass is 313 g/mol. The fourth-order valence-electron chi connectivity index (χ4n) is 2.23. The van der Waals surface area contributed by atoms with Crippen LogP contribution in [0.15, 0.2) is 48.5 Å². The second kappa shape index (κ2) is 7.63. The van der Waals surface area contributed by atoms with Gasteiger partial charge in [0, 0.05) is 17.0 Å². The van der Waals surface area contributed by atoms with Crippen molar-refractivity contribution in [1.82, 2.24) is 0 Å². The zero-order valence-corrected chi connectivity index (χ0v) is 12.8. The largest absolute Gasteiger partial charge is 0.327 e. The van der Waals surface area contributed by atoms with Crippen LogP contribution in [0.5, 0.6) is 0 Å². The Hall–Kier alpha value is -1.09. The lowest BCUT2D eigenvalue weighted by Gasteiger charge is -2.22. The zero-order valence-electron chi connectivity index (χ0n) is 11.2. The number of halogens is 3. The molecule has 0 aromatic heterocycles. The van der Waals surface area contributed by atoms with Crippen molar-refractivity contribution < 1.29 is 4.39 Å².